The van der Waals surface area contributed by atoms with Gasteiger partial charge in [0, 0.05) is 29.9 Å². The van der Waals surface area contributed by atoms with Gasteiger partial charge in [-0.1, -0.05) is 38.1 Å². The summed E-state index contributed by atoms with van der Waals surface area (Å²) in [5.41, 5.74) is 6.02. The molecule has 0 radical (unpaired) electrons. The fraction of sp³-hybridized carbons (Fsp3) is 0.240. The third-order valence-corrected chi connectivity index (χ3v) is 6.73. The Kier molecular flexibility index (Phi) is 6.10. The summed E-state index contributed by atoms with van der Waals surface area (Å²) in [7, 11) is 0. The fourth-order valence-corrected chi connectivity index (χ4v) is 4.70. The summed E-state index contributed by atoms with van der Waals surface area (Å²) in [6.45, 7) is 4.52. The average Bonchev–Trinajstić information content (AvgIpc) is 3.21. The van der Waals surface area contributed by atoms with E-state index >= 15 is 0 Å². The third-order valence-electron chi connectivity index (χ3n) is 6.33. The molecular weight excluding hydrogens is 464 g/mol. The van der Waals surface area contributed by atoms with Gasteiger partial charge in [0.25, 0.3) is 0 Å². The van der Waals surface area contributed by atoms with E-state index in [1.807, 2.05) is 54.6 Å². The highest BCUT2D eigenvalue weighted by molar-refractivity contribution is 7.77. The molecule has 3 heterocycles. The number of benzene rings is 2. The number of carbonyl (C=O) groups is 1. The van der Waals surface area contributed by atoms with E-state index in [1.165, 1.54) is 0 Å². The molecule has 2 aromatic heterocycles. The fourth-order valence-electron chi connectivity index (χ4n) is 4.42. The van der Waals surface area contributed by atoms with Crippen molar-refractivity contribution >= 4 is 40.0 Å². The van der Waals surface area contributed by atoms with Crippen LogP contribution in [0.2, 0.25) is 0 Å². The van der Waals surface area contributed by atoms with E-state index in [0.717, 1.165) is 45.7 Å². The number of aromatic nitrogens is 3. The molecule has 0 saturated carbocycles. The Labute approximate surface area is 205 Å². The Balaban J connectivity index is 1.49. The van der Waals surface area contributed by atoms with Crippen LogP contribution in [0.25, 0.3) is 16.8 Å². The lowest BCUT2D eigenvalue weighted by Crippen LogP contribution is -2.16. The Hall–Kier alpha value is -3.60. The Bertz CT molecular complexity index is 1450. The Morgan fingerprint density at radius 2 is 2.00 bits per heavy atom. The summed E-state index contributed by atoms with van der Waals surface area (Å²) in [4.78, 5) is 16.5. The molecule has 0 bridgehead atoms. The smallest absolute Gasteiger partial charge is 0.245 e. The van der Waals surface area contributed by atoms with Crippen LogP contribution < -0.4 is 15.4 Å². The Morgan fingerprint density at radius 1 is 1.17 bits per heavy atom. The second-order valence-corrected chi connectivity index (χ2v) is 9.97. The highest BCUT2D eigenvalue weighted by Gasteiger charge is 2.28. The van der Waals surface area contributed by atoms with Crippen LogP contribution in [0.1, 0.15) is 37.8 Å². The van der Waals surface area contributed by atoms with Crippen molar-refractivity contribution in [3.8, 4) is 11.3 Å². The average molecular weight is 491 g/mol. The van der Waals surface area contributed by atoms with Crippen molar-refractivity contribution in [1.82, 2.24) is 19.3 Å². The molecule has 4 aromatic rings. The van der Waals surface area contributed by atoms with Gasteiger partial charge in [0.05, 0.1) is 17.4 Å². The van der Waals surface area contributed by atoms with Crippen LogP contribution in [-0.4, -0.2) is 29.3 Å². The molecule has 180 valence electrons. The minimum Gasteiger partial charge on any atom is -0.326 e. The van der Waals surface area contributed by atoms with E-state index in [1.54, 1.807) is 10.7 Å². The molecule has 0 fully saturated rings. The summed E-state index contributed by atoms with van der Waals surface area (Å²) in [6, 6.07) is 17.4. The number of hydrogen-bond donors (Lipinski definition) is 4. The maximum absolute atomic E-state index is 12.1. The van der Waals surface area contributed by atoms with Crippen LogP contribution in [0.3, 0.4) is 0 Å². The molecule has 5 rings (SSSR count). The minimum absolute atomic E-state index is 0.0344. The van der Waals surface area contributed by atoms with E-state index in [9.17, 15) is 9.00 Å². The van der Waals surface area contributed by atoms with Crippen LogP contribution in [0.5, 0.6) is 0 Å². The van der Waals surface area contributed by atoms with Crippen molar-refractivity contribution in [2.75, 3.05) is 10.6 Å². The lowest BCUT2D eigenvalue weighted by atomic mass is 9.80. The molecule has 2 aromatic carbocycles. The van der Waals surface area contributed by atoms with Crippen molar-refractivity contribution in [2.24, 2.45) is 0 Å². The van der Waals surface area contributed by atoms with Crippen LogP contribution in [0, 0.1) is 0 Å². The predicted molar refractivity (Wildman–Crippen MR) is 137 cm³/mol. The van der Waals surface area contributed by atoms with Gasteiger partial charge in [0.15, 0.2) is 0 Å². The summed E-state index contributed by atoms with van der Waals surface area (Å²) in [5.74, 6) is 0.463. The van der Waals surface area contributed by atoms with Crippen LogP contribution >= 0.6 is 0 Å². The van der Waals surface area contributed by atoms with E-state index in [0.29, 0.717) is 12.4 Å². The number of hydrogen-bond acceptors (Lipinski definition) is 5. The van der Waals surface area contributed by atoms with E-state index < -0.39 is 11.3 Å². The van der Waals surface area contributed by atoms with Gasteiger partial charge < -0.3 is 10.6 Å². The molecule has 0 spiro atoms. The topological polar surface area (TPSA) is 121 Å². The summed E-state index contributed by atoms with van der Waals surface area (Å²) >= 11 is -2.10. The molecule has 1 unspecified atom stereocenters. The van der Waals surface area contributed by atoms with Gasteiger partial charge in [-0.2, -0.15) is 0 Å². The van der Waals surface area contributed by atoms with Crippen molar-refractivity contribution in [2.45, 2.75) is 38.6 Å². The predicted octanol–water partition coefficient (Wildman–Crippen LogP) is 4.38. The van der Waals surface area contributed by atoms with Crippen molar-refractivity contribution in [3.63, 3.8) is 0 Å². The molecule has 1 atom stereocenters. The van der Waals surface area contributed by atoms with Crippen LogP contribution in [-0.2, 0) is 28.0 Å². The first kappa shape index (κ1) is 23.2. The molecule has 35 heavy (non-hydrogen) atoms. The van der Waals surface area contributed by atoms with Gasteiger partial charge in [-0.05, 0) is 53.3 Å². The number of nitrogens with one attached hydrogen (secondary N) is 3. The number of anilines is 3. The lowest BCUT2D eigenvalue weighted by Gasteiger charge is -2.25. The first-order chi connectivity index (χ1) is 16.8. The molecule has 0 saturated heterocycles. The maximum atomic E-state index is 12.1. The Morgan fingerprint density at radius 3 is 2.83 bits per heavy atom. The summed E-state index contributed by atoms with van der Waals surface area (Å²) in [6.07, 6.45) is 3.00. The van der Waals surface area contributed by atoms with Crippen molar-refractivity contribution < 1.29 is 13.6 Å². The minimum atomic E-state index is -2.10. The zero-order valence-corrected chi connectivity index (χ0v) is 20.2. The van der Waals surface area contributed by atoms with Crippen molar-refractivity contribution in [1.29, 1.82) is 0 Å². The molecule has 10 heteroatoms. The van der Waals surface area contributed by atoms with E-state index in [4.69, 9.17) is 9.65 Å². The molecule has 1 aliphatic rings. The number of rotatable bonds is 6. The molecule has 1 amide bonds. The maximum Gasteiger partial charge on any atom is 0.245 e. The first-order valence-corrected chi connectivity index (χ1v) is 12.4. The summed E-state index contributed by atoms with van der Waals surface area (Å²) < 4.78 is 24.6. The van der Waals surface area contributed by atoms with Gasteiger partial charge >= 0.3 is 0 Å². The van der Waals surface area contributed by atoms with Gasteiger partial charge in [-0.3, -0.25) is 9.35 Å². The van der Waals surface area contributed by atoms with Gasteiger partial charge in [-0.25, -0.2) is 18.4 Å². The zero-order valence-electron chi connectivity index (χ0n) is 19.4. The van der Waals surface area contributed by atoms with Gasteiger partial charge in [0.2, 0.25) is 23.1 Å². The molecule has 9 nitrogen and oxygen atoms in total. The molecule has 4 N–H and O–H groups in total. The van der Waals surface area contributed by atoms with E-state index in [-0.39, 0.29) is 17.9 Å². The largest absolute Gasteiger partial charge is 0.326 e. The number of fused-ring (bicyclic) bond motifs is 2. The zero-order chi connectivity index (χ0) is 24.6. The summed E-state index contributed by atoms with van der Waals surface area (Å²) in [5, 5.41) is 11.0. The quantitative estimate of drug-likeness (QED) is 0.298. The number of amides is 1. The highest BCUT2D eigenvalue weighted by Crippen LogP contribution is 2.38. The molecule has 0 aliphatic carbocycles. The molecule has 1 aliphatic heterocycles. The first-order valence-electron chi connectivity index (χ1n) is 11.3. The van der Waals surface area contributed by atoms with Gasteiger partial charge in [0.1, 0.15) is 0 Å². The number of carbonyl (C=O) groups excluding carboxylic acids is 1. The SMILES string of the molecule is CC1(C)CCC(=O)Nc2ccc(Nc3ncc4ccc(-c5ccccc5CNS(=O)O)n4n3)cc21. The van der Waals surface area contributed by atoms with Gasteiger partial charge in [-0.15, -0.1) is 5.10 Å². The standard InChI is InChI=1S/C25H26N6O3S/c1-25(2)12-11-23(32)29-21-9-7-17(13-20(21)25)28-24-26-15-18-8-10-22(31(18)30-24)19-6-4-3-5-16(19)14-27-35(33)34/h3-10,13,15,27H,11-12,14H2,1-2H3,(H,28,30)(H,29,32)(H,33,34). The third kappa shape index (κ3) is 4.81. The number of nitrogens with zero attached hydrogens (tertiary/aromatic N) is 3. The van der Waals surface area contributed by atoms with Crippen molar-refractivity contribution in [3.05, 3.63) is 71.9 Å². The van der Waals surface area contributed by atoms with Crippen LogP contribution in [0.4, 0.5) is 17.3 Å². The van der Waals surface area contributed by atoms with Crippen LogP contribution in [0.15, 0.2) is 60.8 Å². The normalized spacial score (nSPS) is 15.8. The monoisotopic (exact) mass is 490 g/mol. The molecular formula is C25H26N6O3S. The second-order valence-electron chi connectivity index (χ2n) is 9.18. The lowest BCUT2D eigenvalue weighted by molar-refractivity contribution is -0.116. The second kappa shape index (κ2) is 9.21. The van der Waals surface area contributed by atoms with E-state index in [2.05, 4.69) is 34.2 Å². The highest BCUT2D eigenvalue weighted by atomic mass is 32.2.